The first kappa shape index (κ1) is 17.1. The number of anilines is 1. The van der Waals surface area contributed by atoms with Gasteiger partial charge in [-0.3, -0.25) is 9.89 Å². The summed E-state index contributed by atoms with van der Waals surface area (Å²) in [5.74, 6) is 2.00. The molecule has 8 nitrogen and oxygen atoms in total. The number of aromatic amines is 1. The van der Waals surface area contributed by atoms with Gasteiger partial charge in [-0.25, -0.2) is 15.0 Å². The van der Waals surface area contributed by atoms with Gasteiger partial charge in [0.05, 0.1) is 0 Å². The zero-order valence-electron chi connectivity index (χ0n) is 15.1. The average molecular weight is 363 g/mol. The molecule has 1 fully saturated rings. The van der Waals surface area contributed by atoms with Crippen LogP contribution in [-0.2, 0) is 0 Å². The SMILES string of the molecule is Cc1nc([C@H]2CCCN(C(=O)c3cccc(-c4cnc(N)nc4)c3)C2)n[nH]1. The molecular weight excluding hydrogens is 342 g/mol. The molecule has 3 aromatic rings. The first-order valence-electron chi connectivity index (χ1n) is 8.96. The molecule has 27 heavy (non-hydrogen) atoms. The maximum Gasteiger partial charge on any atom is 0.253 e. The monoisotopic (exact) mass is 363 g/mol. The van der Waals surface area contributed by atoms with Gasteiger partial charge in [0.25, 0.3) is 5.91 Å². The van der Waals surface area contributed by atoms with Crippen LogP contribution in [0.5, 0.6) is 0 Å². The van der Waals surface area contributed by atoms with Gasteiger partial charge in [0.15, 0.2) is 5.82 Å². The lowest BCUT2D eigenvalue weighted by Crippen LogP contribution is -2.39. The molecule has 1 amide bonds. The number of hydrogen-bond acceptors (Lipinski definition) is 6. The number of piperidine rings is 1. The number of nitrogens with two attached hydrogens (primary N) is 1. The Balaban J connectivity index is 1.53. The summed E-state index contributed by atoms with van der Waals surface area (Å²) in [7, 11) is 0. The normalized spacial score (nSPS) is 17.1. The summed E-state index contributed by atoms with van der Waals surface area (Å²) in [6.07, 6.45) is 5.25. The van der Waals surface area contributed by atoms with Crippen LogP contribution >= 0.6 is 0 Å². The third-order valence-corrected chi connectivity index (χ3v) is 4.80. The van der Waals surface area contributed by atoms with Crippen LogP contribution in [0.15, 0.2) is 36.7 Å². The molecule has 0 spiro atoms. The van der Waals surface area contributed by atoms with E-state index in [4.69, 9.17) is 5.73 Å². The molecule has 1 aliphatic heterocycles. The van der Waals surface area contributed by atoms with Crippen LogP contribution in [0.4, 0.5) is 5.95 Å². The van der Waals surface area contributed by atoms with Crippen molar-refractivity contribution >= 4 is 11.9 Å². The summed E-state index contributed by atoms with van der Waals surface area (Å²) in [6, 6.07) is 7.52. The number of nitrogens with zero attached hydrogens (tertiary/aromatic N) is 5. The van der Waals surface area contributed by atoms with Crippen LogP contribution < -0.4 is 5.73 Å². The maximum atomic E-state index is 13.0. The molecule has 3 heterocycles. The molecule has 0 aliphatic carbocycles. The first-order valence-corrected chi connectivity index (χ1v) is 8.96. The second-order valence-corrected chi connectivity index (χ2v) is 6.78. The molecule has 3 N–H and O–H groups in total. The Hall–Kier alpha value is -3.29. The third kappa shape index (κ3) is 3.64. The molecule has 1 atom stereocenters. The number of carbonyl (C=O) groups is 1. The van der Waals surface area contributed by atoms with Crippen LogP contribution in [0.25, 0.3) is 11.1 Å². The van der Waals surface area contributed by atoms with E-state index in [-0.39, 0.29) is 17.8 Å². The number of rotatable bonds is 3. The van der Waals surface area contributed by atoms with Gasteiger partial charge in [0, 0.05) is 42.5 Å². The van der Waals surface area contributed by atoms with E-state index < -0.39 is 0 Å². The fourth-order valence-corrected chi connectivity index (χ4v) is 3.42. The topological polar surface area (TPSA) is 114 Å². The van der Waals surface area contributed by atoms with Crippen molar-refractivity contribution in [2.24, 2.45) is 0 Å². The van der Waals surface area contributed by atoms with Crippen molar-refractivity contribution in [1.82, 2.24) is 30.0 Å². The van der Waals surface area contributed by atoms with Gasteiger partial charge in [-0.15, -0.1) is 0 Å². The predicted molar refractivity (Wildman–Crippen MR) is 101 cm³/mol. The van der Waals surface area contributed by atoms with Crippen molar-refractivity contribution in [2.45, 2.75) is 25.7 Å². The molecule has 1 aromatic carbocycles. The zero-order chi connectivity index (χ0) is 18.8. The minimum Gasteiger partial charge on any atom is -0.368 e. The molecule has 8 heteroatoms. The van der Waals surface area contributed by atoms with Crippen molar-refractivity contribution in [3.8, 4) is 11.1 Å². The highest BCUT2D eigenvalue weighted by molar-refractivity contribution is 5.95. The standard InChI is InChI=1S/C19H21N7O/c1-12-23-17(25-24-12)15-6-3-7-26(11-15)18(27)14-5-2-4-13(8-14)16-9-21-19(20)22-10-16/h2,4-5,8-10,15H,3,6-7,11H2,1H3,(H2,20,21,22)(H,23,24,25)/t15-/m0/s1. The number of likely N-dealkylation sites (tertiary alicyclic amines) is 1. The van der Waals surface area contributed by atoms with Crippen molar-refractivity contribution in [3.05, 3.63) is 53.9 Å². The molecule has 0 radical (unpaired) electrons. The number of benzene rings is 1. The number of nitrogens with one attached hydrogen (secondary N) is 1. The number of nitrogen functional groups attached to an aromatic ring is 1. The van der Waals surface area contributed by atoms with Crippen molar-refractivity contribution in [2.75, 3.05) is 18.8 Å². The van der Waals surface area contributed by atoms with Gasteiger partial charge >= 0.3 is 0 Å². The molecule has 0 saturated carbocycles. The summed E-state index contributed by atoms with van der Waals surface area (Å²) in [4.78, 5) is 27.4. The molecule has 4 rings (SSSR count). The second kappa shape index (κ2) is 7.14. The van der Waals surface area contributed by atoms with Gasteiger partial charge in [-0.2, -0.15) is 5.10 Å². The van der Waals surface area contributed by atoms with E-state index in [0.717, 1.165) is 42.2 Å². The maximum absolute atomic E-state index is 13.0. The van der Waals surface area contributed by atoms with Crippen LogP contribution in [0.3, 0.4) is 0 Å². The lowest BCUT2D eigenvalue weighted by Gasteiger charge is -2.31. The smallest absolute Gasteiger partial charge is 0.253 e. The summed E-state index contributed by atoms with van der Waals surface area (Å²) in [5.41, 5.74) is 7.91. The Labute approximate surface area is 156 Å². The lowest BCUT2D eigenvalue weighted by atomic mass is 9.96. The van der Waals surface area contributed by atoms with E-state index in [0.29, 0.717) is 12.1 Å². The molecule has 0 bridgehead atoms. The van der Waals surface area contributed by atoms with E-state index in [1.807, 2.05) is 36.1 Å². The predicted octanol–water partition coefficient (Wildman–Crippen LogP) is 2.17. The zero-order valence-corrected chi connectivity index (χ0v) is 15.1. The Morgan fingerprint density at radius 1 is 1.26 bits per heavy atom. The van der Waals surface area contributed by atoms with Gasteiger partial charge in [0.1, 0.15) is 5.82 Å². The van der Waals surface area contributed by atoms with Crippen molar-refractivity contribution in [3.63, 3.8) is 0 Å². The average Bonchev–Trinajstić information content (AvgIpc) is 3.15. The van der Waals surface area contributed by atoms with E-state index in [9.17, 15) is 4.79 Å². The summed E-state index contributed by atoms with van der Waals surface area (Å²) in [6.45, 7) is 3.26. The Morgan fingerprint density at radius 2 is 2.07 bits per heavy atom. The number of hydrogen-bond donors (Lipinski definition) is 2. The molecule has 1 aliphatic rings. The van der Waals surface area contributed by atoms with Gasteiger partial charge in [0.2, 0.25) is 5.95 Å². The van der Waals surface area contributed by atoms with Crippen molar-refractivity contribution < 1.29 is 4.79 Å². The molecular formula is C19H21N7O. The largest absolute Gasteiger partial charge is 0.368 e. The number of H-pyrrole nitrogens is 1. The minimum absolute atomic E-state index is 0.0187. The van der Waals surface area contributed by atoms with Crippen LogP contribution in [0.2, 0.25) is 0 Å². The van der Waals surface area contributed by atoms with Gasteiger partial charge in [-0.1, -0.05) is 12.1 Å². The summed E-state index contributed by atoms with van der Waals surface area (Å²) in [5, 5.41) is 7.15. The quantitative estimate of drug-likeness (QED) is 0.737. The fraction of sp³-hybridized carbons (Fsp3) is 0.316. The van der Waals surface area contributed by atoms with Crippen LogP contribution in [0, 0.1) is 6.92 Å². The second-order valence-electron chi connectivity index (χ2n) is 6.78. The molecule has 1 saturated heterocycles. The van der Waals surface area contributed by atoms with E-state index in [1.165, 1.54) is 0 Å². The fourth-order valence-electron chi connectivity index (χ4n) is 3.42. The lowest BCUT2D eigenvalue weighted by molar-refractivity contribution is 0.0704. The van der Waals surface area contributed by atoms with Crippen LogP contribution in [-0.4, -0.2) is 49.0 Å². The molecule has 2 aromatic heterocycles. The summed E-state index contributed by atoms with van der Waals surface area (Å²) < 4.78 is 0. The van der Waals surface area contributed by atoms with Crippen molar-refractivity contribution in [1.29, 1.82) is 0 Å². The van der Waals surface area contributed by atoms with Gasteiger partial charge in [-0.05, 0) is 37.5 Å². The van der Waals surface area contributed by atoms with E-state index in [2.05, 4.69) is 25.1 Å². The molecule has 0 unspecified atom stereocenters. The Bertz CT molecular complexity index is 951. The van der Waals surface area contributed by atoms with Crippen LogP contribution in [0.1, 0.15) is 40.8 Å². The Kier molecular flexibility index (Phi) is 4.53. The van der Waals surface area contributed by atoms with E-state index in [1.54, 1.807) is 12.4 Å². The highest BCUT2D eigenvalue weighted by Crippen LogP contribution is 2.26. The van der Waals surface area contributed by atoms with E-state index >= 15 is 0 Å². The number of aromatic nitrogens is 5. The highest BCUT2D eigenvalue weighted by Gasteiger charge is 2.27. The van der Waals surface area contributed by atoms with Gasteiger partial charge < -0.3 is 10.6 Å². The number of aryl methyl sites for hydroxylation is 1. The Morgan fingerprint density at radius 3 is 2.81 bits per heavy atom. The highest BCUT2D eigenvalue weighted by atomic mass is 16.2. The number of amides is 1. The summed E-state index contributed by atoms with van der Waals surface area (Å²) >= 11 is 0. The first-order chi connectivity index (χ1) is 13.1. The minimum atomic E-state index is 0.0187. The molecule has 138 valence electrons. The third-order valence-electron chi connectivity index (χ3n) is 4.80. The number of carbonyl (C=O) groups excluding carboxylic acids is 1.